The van der Waals surface area contributed by atoms with Gasteiger partial charge in [0.1, 0.15) is 6.04 Å². The molecule has 0 aromatic rings. The molecule has 1 aliphatic heterocycles. The number of hydrogen-bond donors (Lipinski definition) is 1. The molecule has 1 N–H and O–H groups in total. The highest BCUT2D eigenvalue weighted by Gasteiger charge is 2.29. The summed E-state index contributed by atoms with van der Waals surface area (Å²) in [5.41, 5.74) is 0. The van der Waals surface area contributed by atoms with Crippen molar-refractivity contribution >= 4 is 11.8 Å². The van der Waals surface area contributed by atoms with Crippen LogP contribution in [-0.4, -0.2) is 49.1 Å². The van der Waals surface area contributed by atoms with E-state index in [1.165, 1.54) is 0 Å². The van der Waals surface area contributed by atoms with Crippen LogP contribution in [0, 0.1) is 5.92 Å². The number of amides is 2. The average Bonchev–Trinajstić information content (AvgIpc) is 2.60. The number of rotatable bonds is 7. The van der Waals surface area contributed by atoms with Gasteiger partial charge in [0.2, 0.25) is 11.8 Å². The fraction of sp³-hybridized carbons (Fsp3) is 0.857. The van der Waals surface area contributed by atoms with Gasteiger partial charge in [-0.25, -0.2) is 0 Å². The van der Waals surface area contributed by atoms with Crippen LogP contribution in [0.3, 0.4) is 0 Å². The highest BCUT2D eigenvalue weighted by atomic mass is 16.5. The Kier molecular flexibility index (Phi) is 6.28. The Labute approximate surface area is 115 Å². The minimum atomic E-state index is -0.342. The van der Waals surface area contributed by atoms with Crippen molar-refractivity contribution in [3.63, 3.8) is 0 Å². The van der Waals surface area contributed by atoms with Crippen LogP contribution in [0.1, 0.15) is 40.0 Å². The molecule has 1 rings (SSSR count). The summed E-state index contributed by atoms with van der Waals surface area (Å²) in [5.74, 6) is 0.489. The van der Waals surface area contributed by atoms with Crippen molar-refractivity contribution in [3.05, 3.63) is 0 Å². The van der Waals surface area contributed by atoms with E-state index >= 15 is 0 Å². The first kappa shape index (κ1) is 16.0. The molecule has 1 fully saturated rings. The van der Waals surface area contributed by atoms with Gasteiger partial charge in [0.05, 0.1) is 12.7 Å². The molecule has 5 heteroatoms. The monoisotopic (exact) mass is 270 g/mol. The summed E-state index contributed by atoms with van der Waals surface area (Å²) in [5, 5.41) is 2.76. The number of nitrogens with zero attached hydrogens (tertiary/aromatic N) is 1. The molecule has 2 atom stereocenters. The highest BCUT2D eigenvalue weighted by molar-refractivity contribution is 5.88. The zero-order chi connectivity index (χ0) is 14.4. The molecule has 0 aromatic carbocycles. The molecule has 19 heavy (non-hydrogen) atoms. The first-order valence-electron chi connectivity index (χ1n) is 7.06. The van der Waals surface area contributed by atoms with Gasteiger partial charge < -0.3 is 15.0 Å². The minimum Gasteiger partial charge on any atom is -0.378 e. The Morgan fingerprint density at radius 1 is 1.47 bits per heavy atom. The van der Waals surface area contributed by atoms with Crippen molar-refractivity contribution in [1.29, 1.82) is 0 Å². The standard InChI is InChI=1S/C14H26N2O3/c1-10(2)9-11(3)19-8-6-13(17)15-12-5-7-16(4)14(12)18/h10-12H,5-9H2,1-4H3,(H,15,17)/t11-,12-/m0/s1. The lowest BCUT2D eigenvalue weighted by Crippen LogP contribution is -2.40. The molecule has 1 aliphatic rings. The van der Waals surface area contributed by atoms with Gasteiger partial charge in [-0.1, -0.05) is 13.8 Å². The zero-order valence-corrected chi connectivity index (χ0v) is 12.4. The third-order valence-corrected chi connectivity index (χ3v) is 3.30. The topological polar surface area (TPSA) is 58.6 Å². The molecule has 2 amide bonds. The molecular weight excluding hydrogens is 244 g/mol. The maximum absolute atomic E-state index is 11.7. The van der Waals surface area contributed by atoms with E-state index in [4.69, 9.17) is 4.74 Å². The number of likely N-dealkylation sites (N-methyl/N-ethyl adjacent to an activating group) is 1. The molecule has 0 radical (unpaired) electrons. The van der Waals surface area contributed by atoms with Crippen molar-refractivity contribution in [2.24, 2.45) is 5.92 Å². The first-order valence-corrected chi connectivity index (χ1v) is 7.06. The van der Waals surface area contributed by atoms with Crippen LogP contribution < -0.4 is 5.32 Å². The molecule has 5 nitrogen and oxygen atoms in total. The van der Waals surface area contributed by atoms with Crippen LogP contribution >= 0.6 is 0 Å². The second-order valence-electron chi connectivity index (χ2n) is 5.73. The quantitative estimate of drug-likeness (QED) is 0.755. The Bertz CT molecular complexity index is 318. The van der Waals surface area contributed by atoms with E-state index in [0.717, 1.165) is 6.42 Å². The number of nitrogens with one attached hydrogen (secondary N) is 1. The molecule has 0 aromatic heterocycles. The van der Waals surface area contributed by atoms with Crippen LogP contribution in [0.25, 0.3) is 0 Å². The average molecular weight is 270 g/mol. The number of ether oxygens (including phenoxy) is 1. The lowest BCUT2D eigenvalue weighted by atomic mass is 10.1. The Balaban J connectivity index is 2.16. The van der Waals surface area contributed by atoms with E-state index in [1.807, 2.05) is 6.92 Å². The van der Waals surface area contributed by atoms with Gasteiger partial charge in [0.15, 0.2) is 0 Å². The van der Waals surface area contributed by atoms with E-state index in [1.54, 1.807) is 11.9 Å². The summed E-state index contributed by atoms with van der Waals surface area (Å²) in [7, 11) is 1.76. The van der Waals surface area contributed by atoms with Gasteiger partial charge in [0.25, 0.3) is 0 Å². The third kappa shape index (κ3) is 5.59. The van der Waals surface area contributed by atoms with Crippen molar-refractivity contribution < 1.29 is 14.3 Å². The van der Waals surface area contributed by atoms with Crippen molar-refractivity contribution in [2.75, 3.05) is 20.2 Å². The summed E-state index contributed by atoms with van der Waals surface area (Å²) in [6.07, 6.45) is 2.18. The molecule has 0 aliphatic carbocycles. The van der Waals surface area contributed by atoms with Crippen LogP contribution in [0.2, 0.25) is 0 Å². The molecule has 0 unspecified atom stereocenters. The van der Waals surface area contributed by atoms with Crippen molar-refractivity contribution in [3.8, 4) is 0 Å². The fourth-order valence-corrected chi connectivity index (χ4v) is 2.31. The smallest absolute Gasteiger partial charge is 0.244 e. The van der Waals surface area contributed by atoms with Crippen LogP contribution in [-0.2, 0) is 14.3 Å². The normalized spacial score (nSPS) is 21.0. The van der Waals surface area contributed by atoms with Gasteiger partial charge in [-0.2, -0.15) is 0 Å². The number of likely N-dealkylation sites (tertiary alicyclic amines) is 1. The highest BCUT2D eigenvalue weighted by Crippen LogP contribution is 2.09. The zero-order valence-electron chi connectivity index (χ0n) is 12.4. The summed E-state index contributed by atoms with van der Waals surface area (Å²) < 4.78 is 5.58. The Morgan fingerprint density at radius 3 is 2.68 bits per heavy atom. The maximum atomic E-state index is 11.7. The van der Waals surface area contributed by atoms with Gasteiger partial charge >= 0.3 is 0 Å². The van der Waals surface area contributed by atoms with Gasteiger partial charge in [0, 0.05) is 20.0 Å². The van der Waals surface area contributed by atoms with E-state index in [9.17, 15) is 9.59 Å². The molecular formula is C14H26N2O3. The van der Waals surface area contributed by atoms with Crippen molar-refractivity contribution in [1.82, 2.24) is 10.2 Å². The second kappa shape index (κ2) is 7.48. The lowest BCUT2D eigenvalue weighted by Gasteiger charge is -2.16. The Hall–Kier alpha value is -1.10. The molecule has 1 saturated heterocycles. The largest absolute Gasteiger partial charge is 0.378 e. The first-order chi connectivity index (χ1) is 8.90. The number of carbonyl (C=O) groups is 2. The lowest BCUT2D eigenvalue weighted by molar-refractivity contribution is -0.132. The predicted octanol–water partition coefficient (Wildman–Crippen LogP) is 1.17. The minimum absolute atomic E-state index is 0.00226. The summed E-state index contributed by atoms with van der Waals surface area (Å²) in [4.78, 5) is 25.0. The molecule has 0 bridgehead atoms. The summed E-state index contributed by atoms with van der Waals surface area (Å²) >= 11 is 0. The van der Waals surface area contributed by atoms with Gasteiger partial charge in [-0.15, -0.1) is 0 Å². The van der Waals surface area contributed by atoms with E-state index in [0.29, 0.717) is 31.9 Å². The van der Waals surface area contributed by atoms with Crippen LogP contribution in [0.15, 0.2) is 0 Å². The number of carbonyl (C=O) groups excluding carboxylic acids is 2. The van der Waals surface area contributed by atoms with Gasteiger partial charge in [-0.05, 0) is 25.7 Å². The van der Waals surface area contributed by atoms with Crippen LogP contribution in [0.4, 0.5) is 0 Å². The van der Waals surface area contributed by atoms with Gasteiger partial charge in [-0.3, -0.25) is 9.59 Å². The third-order valence-electron chi connectivity index (χ3n) is 3.30. The van der Waals surface area contributed by atoms with E-state index in [2.05, 4.69) is 19.2 Å². The molecule has 110 valence electrons. The molecule has 0 saturated carbocycles. The van der Waals surface area contributed by atoms with Crippen LogP contribution in [0.5, 0.6) is 0 Å². The van der Waals surface area contributed by atoms with E-state index in [-0.39, 0.29) is 24.0 Å². The van der Waals surface area contributed by atoms with E-state index < -0.39 is 0 Å². The second-order valence-corrected chi connectivity index (χ2v) is 5.73. The predicted molar refractivity (Wildman–Crippen MR) is 73.7 cm³/mol. The SMILES string of the molecule is CC(C)C[C@H](C)OCCC(=O)N[C@H]1CCN(C)C1=O. The van der Waals surface area contributed by atoms with Crippen molar-refractivity contribution in [2.45, 2.75) is 52.2 Å². The molecule has 0 spiro atoms. The maximum Gasteiger partial charge on any atom is 0.244 e. The summed E-state index contributed by atoms with van der Waals surface area (Å²) in [6, 6.07) is -0.342. The molecule has 1 heterocycles. The summed E-state index contributed by atoms with van der Waals surface area (Å²) in [6.45, 7) is 7.44. The number of hydrogen-bond acceptors (Lipinski definition) is 3. The Morgan fingerprint density at radius 2 is 2.16 bits per heavy atom. The fourth-order valence-electron chi connectivity index (χ4n) is 2.31.